The summed E-state index contributed by atoms with van der Waals surface area (Å²) in [7, 11) is 2.11. The van der Waals surface area contributed by atoms with Crippen molar-refractivity contribution in [2.75, 3.05) is 25.5 Å². The molecular formula is C15H22N2O. The molecule has 1 saturated heterocycles. The minimum Gasteiger partial charge on any atom is -0.326 e. The van der Waals surface area contributed by atoms with E-state index in [4.69, 9.17) is 0 Å². The van der Waals surface area contributed by atoms with Gasteiger partial charge in [0, 0.05) is 11.6 Å². The smallest absolute Gasteiger partial charge is 0.227 e. The molecule has 1 aromatic carbocycles. The van der Waals surface area contributed by atoms with Gasteiger partial charge in [0.25, 0.3) is 0 Å². The van der Waals surface area contributed by atoms with Crippen LogP contribution in [0.5, 0.6) is 0 Å². The van der Waals surface area contributed by atoms with E-state index in [1.807, 2.05) is 12.1 Å². The number of aryl methyl sites for hydroxylation is 1. The van der Waals surface area contributed by atoms with Crippen molar-refractivity contribution in [3.63, 3.8) is 0 Å². The van der Waals surface area contributed by atoms with Gasteiger partial charge in [-0.1, -0.05) is 19.1 Å². The lowest BCUT2D eigenvalue weighted by atomic mass is 9.96. The van der Waals surface area contributed by atoms with Crippen LogP contribution in [0.4, 0.5) is 5.69 Å². The van der Waals surface area contributed by atoms with Gasteiger partial charge in [0.05, 0.1) is 0 Å². The number of nitrogens with zero attached hydrogens (tertiary/aromatic N) is 1. The molecule has 1 N–H and O–H groups in total. The number of anilines is 1. The third kappa shape index (κ3) is 3.33. The van der Waals surface area contributed by atoms with E-state index in [-0.39, 0.29) is 11.8 Å². The Balaban J connectivity index is 1.90. The summed E-state index contributed by atoms with van der Waals surface area (Å²) in [5.74, 6) is 0.347. The lowest BCUT2D eigenvalue weighted by Gasteiger charge is -2.28. The molecule has 1 heterocycles. The van der Waals surface area contributed by atoms with Crippen LogP contribution in [0.25, 0.3) is 0 Å². The molecule has 0 radical (unpaired) electrons. The maximum atomic E-state index is 12.1. The molecule has 0 bridgehead atoms. The number of carbonyl (C=O) groups excluding carboxylic acids is 1. The number of rotatable bonds is 3. The summed E-state index contributed by atoms with van der Waals surface area (Å²) >= 11 is 0. The summed E-state index contributed by atoms with van der Waals surface area (Å²) in [4.78, 5) is 14.4. The molecule has 0 spiro atoms. The summed E-state index contributed by atoms with van der Waals surface area (Å²) in [5, 5.41) is 3.02. The van der Waals surface area contributed by atoms with E-state index >= 15 is 0 Å². The monoisotopic (exact) mass is 246 g/mol. The van der Waals surface area contributed by atoms with Gasteiger partial charge in [-0.25, -0.2) is 0 Å². The molecule has 1 aliphatic heterocycles. The van der Waals surface area contributed by atoms with Gasteiger partial charge in [0.2, 0.25) is 5.91 Å². The van der Waals surface area contributed by atoms with Crippen LogP contribution in [0.1, 0.15) is 25.3 Å². The number of benzene rings is 1. The number of carbonyl (C=O) groups is 1. The summed E-state index contributed by atoms with van der Waals surface area (Å²) in [6.07, 6.45) is 2.97. The van der Waals surface area contributed by atoms with Crippen molar-refractivity contribution < 1.29 is 4.79 Å². The Morgan fingerprint density at radius 3 is 2.44 bits per heavy atom. The van der Waals surface area contributed by atoms with Crippen LogP contribution < -0.4 is 5.32 Å². The fourth-order valence-corrected chi connectivity index (χ4v) is 2.34. The highest BCUT2D eigenvalue weighted by molar-refractivity contribution is 5.92. The molecular weight excluding hydrogens is 224 g/mol. The summed E-state index contributed by atoms with van der Waals surface area (Å²) in [6, 6.07) is 8.13. The van der Waals surface area contributed by atoms with E-state index < -0.39 is 0 Å². The Bertz CT molecular complexity index is 391. The second-order valence-electron chi connectivity index (χ2n) is 5.12. The van der Waals surface area contributed by atoms with Crippen molar-refractivity contribution in [3.05, 3.63) is 29.8 Å². The predicted octanol–water partition coefficient (Wildman–Crippen LogP) is 2.53. The minimum absolute atomic E-state index is 0.173. The first kappa shape index (κ1) is 13.1. The maximum Gasteiger partial charge on any atom is 0.227 e. The topological polar surface area (TPSA) is 32.3 Å². The highest BCUT2D eigenvalue weighted by Gasteiger charge is 2.23. The summed E-state index contributed by atoms with van der Waals surface area (Å²) in [5.41, 5.74) is 2.21. The molecule has 3 heteroatoms. The Kier molecular flexibility index (Phi) is 4.37. The standard InChI is InChI=1S/C15H22N2O/c1-3-12-4-6-14(7-5-12)16-15(18)13-8-10-17(2)11-9-13/h4-7,13H,3,8-11H2,1-2H3,(H,16,18). The molecule has 0 aromatic heterocycles. The van der Waals surface area contributed by atoms with Crippen molar-refractivity contribution in [3.8, 4) is 0 Å². The number of amides is 1. The second kappa shape index (κ2) is 6.01. The first-order valence-electron chi connectivity index (χ1n) is 6.77. The number of likely N-dealkylation sites (tertiary alicyclic amines) is 1. The molecule has 98 valence electrons. The maximum absolute atomic E-state index is 12.1. The van der Waals surface area contributed by atoms with Gasteiger partial charge in [-0.15, -0.1) is 0 Å². The van der Waals surface area contributed by atoms with Crippen molar-refractivity contribution in [2.45, 2.75) is 26.2 Å². The second-order valence-corrected chi connectivity index (χ2v) is 5.12. The Morgan fingerprint density at radius 2 is 1.89 bits per heavy atom. The largest absolute Gasteiger partial charge is 0.326 e. The number of hydrogen-bond donors (Lipinski definition) is 1. The van der Waals surface area contributed by atoms with Crippen molar-refractivity contribution in [1.29, 1.82) is 0 Å². The van der Waals surface area contributed by atoms with E-state index in [0.29, 0.717) is 0 Å². The quantitative estimate of drug-likeness (QED) is 0.889. The van der Waals surface area contributed by atoms with Crippen LogP contribution in [0.15, 0.2) is 24.3 Å². The van der Waals surface area contributed by atoms with E-state index in [9.17, 15) is 4.79 Å². The fraction of sp³-hybridized carbons (Fsp3) is 0.533. The van der Waals surface area contributed by atoms with Crippen LogP contribution in [-0.4, -0.2) is 30.9 Å². The van der Waals surface area contributed by atoms with Gasteiger partial charge < -0.3 is 10.2 Å². The SMILES string of the molecule is CCc1ccc(NC(=O)C2CCN(C)CC2)cc1. The molecule has 2 rings (SSSR count). The van der Waals surface area contributed by atoms with Crippen LogP contribution in [0.2, 0.25) is 0 Å². The zero-order valence-corrected chi connectivity index (χ0v) is 11.3. The average molecular weight is 246 g/mol. The molecule has 0 aliphatic carbocycles. The minimum atomic E-state index is 0.173. The third-order valence-electron chi connectivity index (χ3n) is 3.72. The molecule has 3 nitrogen and oxygen atoms in total. The first-order chi connectivity index (χ1) is 8.69. The highest BCUT2D eigenvalue weighted by atomic mass is 16.1. The molecule has 1 aliphatic rings. The van der Waals surface area contributed by atoms with Crippen molar-refractivity contribution >= 4 is 11.6 Å². The molecule has 0 unspecified atom stereocenters. The van der Waals surface area contributed by atoms with E-state index in [1.165, 1.54) is 5.56 Å². The van der Waals surface area contributed by atoms with Crippen LogP contribution in [-0.2, 0) is 11.2 Å². The first-order valence-corrected chi connectivity index (χ1v) is 6.77. The Morgan fingerprint density at radius 1 is 1.28 bits per heavy atom. The molecule has 1 fully saturated rings. The highest BCUT2D eigenvalue weighted by Crippen LogP contribution is 2.18. The number of piperidine rings is 1. The summed E-state index contributed by atoms with van der Waals surface area (Å²) < 4.78 is 0. The van der Waals surface area contributed by atoms with E-state index in [2.05, 4.69) is 36.3 Å². The van der Waals surface area contributed by atoms with Gasteiger partial charge in [0.15, 0.2) is 0 Å². The van der Waals surface area contributed by atoms with Gasteiger partial charge in [-0.05, 0) is 57.1 Å². The number of hydrogen-bond acceptors (Lipinski definition) is 2. The zero-order valence-electron chi connectivity index (χ0n) is 11.3. The lowest BCUT2D eigenvalue weighted by Crippen LogP contribution is -2.35. The molecule has 18 heavy (non-hydrogen) atoms. The van der Waals surface area contributed by atoms with Gasteiger partial charge in [-0.2, -0.15) is 0 Å². The molecule has 1 amide bonds. The van der Waals surface area contributed by atoms with Gasteiger partial charge in [0.1, 0.15) is 0 Å². The van der Waals surface area contributed by atoms with Crippen LogP contribution >= 0.6 is 0 Å². The van der Waals surface area contributed by atoms with Crippen LogP contribution in [0.3, 0.4) is 0 Å². The molecule has 0 saturated carbocycles. The number of nitrogens with one attached hydrogen (secondary N) is 1. The lowest BCUT2D eigenvalue weighted by molar-refractivity contribution is -0.121. The van der Waals surface area contributed by atoms with Crippen LogP contribution in [0, 0.1) is 5.92 Å². The average Bonchev–Trinajstić information content (AvgIpc) is 2.40. The normalized spacial score (nSPS) is 17.7. The third-order valence-corrected chi connectivity index (χ3v) is 3.72. The summed E-state index contributed by atoms with van der Waals surface area (Å²) in [6.45, 7) is 4.17. The van der Waals surface area contributed by atoms with Gasteiger partial charge >= 0.3 is 0 Å². The van der Waals surface area contributed by atoms with E-state index in [1.54, 1.807) is 0 Å². The zero-order chi connectivity index (χ0) is 13.0. The van der Waals surface area contributed by atoms with Crippen molar-refractivity contribution in [1.82, 2.24) is 4.90 Å². The Labute approximate surface area is 109 Å². The fourth-order valence-electron chi connectivity index (χ4n) is 2.34. The predicted molar refractivity (Wildman–Crippen MR) is 74.7 cm³/mol. The Hall–Kier alpha value is -1.35. The molecule has 0 atom stereocenters. The van der Waals surface area contributed by atoms with E-state index in [0.717, 1.165) is 38.0 Å². The van der Waals surface area contributed by atoms with Crippen molar-refractivity contribution in [2.24, 2.45) is 5.92 Å². The van der Waals surface area contributed by atoms with Gasteiger partial charge in [-0.3, -0.25) is 4.79 Å². The molecule has 1 aromatic rings.